The van der Waals surface area contributed by atoms with E-state index in [0.717, 1.165) is 36.1 Å². The van der Waals surface area contributed by atoms with Crippen molar-refractivity contribution in [2.75, 3.05) is 21.3 Å². The molecule has 34 heavy (non-hydrogen) atoms. The summed E-state index contributed by atoms with van der Waals surface area (Å²) in [6.07, 6.45) is 4.27. The van der Waals surface area contributed by atoms with Gasteiger partial charge in [-0.05, 0) is 54.1 Å². The minimum atomic E-state index is -0.0269. The van der Waals surface area contributed by atoms with E-state index in [-0.39, 0.29) is 11.9 Å². The average molecular weight is 482 g/mol. The van der Waals surface area contributed by atoms with Crippen molar-refractivity contribution in [2.24, 2.45) is 0 Å². The van der Waals surface area contributed by atoms with Gasteiger partial charge in [0, 0.05) is 29.1 Å². The molecule has 1 heterocycles. The van der Waals surface area contributed by atoms with E-state index in [1.165, 1.54) is 0 Å². The van der Waals surface area contributed by atoms with Crippen LogP contribution in [0.25, 0.3) is 0 Å². The fraction of sp³-hybridized carbons (Fsp3) is 0.370. The van der Waals surface area contributed by atoms with E-state index in [4.69, 9.17) is 18.9 Å². The maximum atomic E-state index is 13.7. The molecule has 0 radical (unpaired) electrons. The van der Waals surface area contributed by atoms with E-state index in [1.807, 2.05) is 40.6 Å². The SMILES string of the molecule is COc1cc(OC)cc(C(=O)N(Cc2ccc(OC)c(OCc3cccs3)c2)C2CCCC2)c1. The highest BCUT2D eigenvalue weighted by Gasteiger charge is 2.28. The summed E-state index contributed by atoms with van der Waals surface area (Å²) in [7, 11) is 4.82. The van der Waals surface area contributed by atoms with Gasteiger partial charge >= 0.3 is 0 Å². The van der Waals surface area contributed by atoms with Crippen LogP contribution in [0.15, 0.2) is 53.9 Å². The highest BCUT2D eigenvalue weighted by molar-refractivity contribution is 7.09. The summed E-state index contributed by atoms with van der Waals surface area (Å²) in [5.74, 6) is 2.53. The summed E-state index contributed by atoms with van der Waals surface area (Å²) in [5, 5.41) is 2.03. The van der Waals surface area contributed by atoms with E-state index in [9.17, 15) is 4.79 Å². The number of amides is 1. The Morgan fingerprint density at radius 3 is 2.29 bits per heavy atom. The molecule has 7 heteroatoms. The minimum absolute atomic E-state index is 0.0269. The molecule has 1 aromatic heterocycles. The van der Waals surface area contributed by atoms with Crippen molar-refractivity contribution in [3.8, 4) is 23.0 Å². The van der Waals surface area contributed by atoms with Crippen molar-refractivity contribution in [2.45, 2.75) is 44.9 Å². The van der Waals surface area contributed by atoms with E-state index in [0.29, 0.717) is 41.7 Å². The van der Waals surface area contributed by atoms with Crippen LogP contribution in [0, 0.1) is 0 Å². The van der Waals surface area contributed by atoms with Crippen LogP contribution in [0.4, 0.5) is 0 Å². The predicted octanol–water partition coefficient (Wildman–Crippen LogP) is 5.94. The molecule has 0 spiro atoms. The summed E-state index contributed by atoms with van der Waals surface area (Å²) >= 11 is 1.66. The fourth-order valence-corrected chi connectivity index (χ4v) is 4.97. The van der Waals surface area contributed by atoms with Crippen LogP contribution in [-0.4, -0.2) is 38.2 Å². The lowest BCUT2D eigenvalue weighted by Gasteiger charge is -2.30. The van der Waals surface area contributed by atoms with Gasteiger partial charge in [0.2, 0.25) is 0 Å². The molecule has 6 nitrogen and oxygen atoms in total. The molecule has 3 aromatic rings. The lowest BCUT2D eigenvalue weighted by Crippen LogP contribution is -2.38. The quantitative estimate of drug-likeness (QED) is 0.359. The third-order valence-electron chi connectivity index (χ3n) is 6.16. The Kier molecular flexibility index (Phi) is 7.95. The van der Waals surface area contributed by atoms with Crippen LogP contribution in [0.2, 0.25) is 0 Å². The second-order valence-electron chi connectivity index (χ2n) is 8.33. The van der Waals surface area contributed by atoms with Crippen molar-refractivity contribution in [1.29, 1.82) is 0 Å². The monoisotopic (exact) mass is 481 g/mol. The number of rotatable bonds is 10. The van der Waals surface area contributed by atoms with E-state index in [1.54, 1.807) is 50.9 Å². The molecule has 180 valence electrons. The van der Waals surface area contributed by atoms with E-state index in [2.05, 4.69) is 0 Å². The van der Waals surface area contributed by atoms with Crippen molar-refractivity contribution in [3.05, 3.63) is 69.9 Å². The zero-order chi connectivity index (χ0) is 23.9. The molecule has 0 aliphatic heterocycles. The Balaban J connectivity index is 1.60. The molecule has 1 aliphatic rings. The molecule has 1 amide bonds. The molecule has 1 saturated carbocycles. The van der Waals surface area contributed by atoms with Crippen LogP contribution in [-0.2, 0) is 13.2 Å². The van der Waals surface area contributed by atoms with Crippen molar-refractivity contribution in [3.63, 3.8) is 0 Å². The molecule has 0 N–H and O–H groups in total. The van der Waals surface area contributed by atoms with Crippen molar-refractivity contribution < 1.29 is 23.7 Å². The second kappa shape index (κ2) is 11.3. The first kappa shape index (κ1) is 24.0. The highest BCUT2D eigenvalue weighted by atomic mass is 32.1. The molecule has 0 unspecified atom stereocenters. The lowest BCUT2D eigenvalue weighted by atomic mass is 10.1. The molecule has 0 saturated heterocycles. The third kappa shape index (κ3) is 5.65. The van der Waals surface area contributed by atoms with Gasteiger partial charge in [-0.25, -0.2) is 0 Å². The van der Waals surface area contributed by atoms with E-state index >= 15 is 0 Å². The number of thiophene rings is 1. The van der Waals surface area contributed by atoms with Gasteiger partial charge in [0.05, 0.1) is 21.3 Å². The number of nitrogens with zero attached hydrogens (tertiary/aromatic N) is 1. The number of hydrogen-bond donors (Lipinski definition) is 0. The molecule has 0 atom stereocenters. The van der Waals surface area contributed by atoms with Gasteiger partial charge in [-0.1, -0.05) is 25.0 Å². The standard InChI is InChI=1S/C27H31NO5S/c1-30-22-14-20(15-23(16-22)31-2)27(29)28(21-7-4-5-8-21)17-19-10-11-25(32-3)26(13-19)33-18-24-9-6-12-34-24/h6,9-16,21H,4-5,7-8,17-18H2,1-3H3. The lowest BCUT2D eigenvalue weighted by molar-refractivity contribution is 0.0663. The zero-order valence-electron chi connectivity index (χ0n) is 19.9. The molecular weight excluding hydrogens is 450 g/mol. The topological polar surface area (TPSA) is 57.2 Å². The van der Waals surface area contributed by atoms with Gasteiger partial charge in [0.1, 0.15) is 18.1 Å². The van der Waals surface area contributed by atoms with Gasteiger partial charge < -0.3 is 23.8 Å². The first-order chi connectivity index (χ1) is 16.6. The Labute approximate surface area is 205 Å². The van der Waals surface area contributed by atoms with Crippen LogP contribution >= 0.6 is 11.3 Å². The Hall–Kier alpha value is -3.19. The molecule has 0 bridgehead atoms. The number of methoxy groups -OCH3 is 3. The number of hydrogen-bond acceptors (Lipinski definition) is 6. The number of benzene rings is 2. The Morgan fingerprint density at radius 2 is 1.68 bits per heavy atom. The second-order valence-corrected chi connectivity index (χ2v) is 9.36. The molecule has 2 aromatic carbocycles. The van der Waals surface area contributed by atoms with Crippen LogP contribution in [0.3, 0.4) is 0 Å². The fourth-order valence-electron chi connectivity index (χ4n) is 4.35. The van der Waals surface area contributed by atoms with Crippen LogP contribution < -0.4 is 18.9 Å². The summed E-state index contributed by atoms with van der Waals surface area (Å²) in [6.45, 7) is 0.967. The number of carbonyl (C=O) groups excluding carboxylic acids is 1. The summed E-state index contributed by atoms with van der Waals surface area (Å²) in [6, 6.07) is 15.5. The predicted molar refractivity (Wildman–Crippen MR) is 133 cm³/mol. The maximum absolute atomic E-state index is 13.7. The van der Waals surface area contributed by atoms with Crippen LogP contribution in [0.1, 0.15) is 46.5 Å². The normalized spacial score (nSPS) is 13.5. The molecule has 4 rings (SSSR count). The zero-order valence-corrected chi connectivity index (χ0v) is 20.7. The smallest absolute Gasteiger partial charge is 0.254 e. The first-order valence-corrected chi connectivity index (χ1v) is 12.4. The molecule has 1 fully saturated rings. The van der Waals surface area contributed by atoms with Gasteiger partial charge in [-0.3, -0.25) is 4.79 Å². The molecule has 1 aliphatic carbocycles. The maximum Gasteiger partial charge on any atom is 0.254 e. The summed E-state index contributed by atoms with van der Waals surface area (Å²) in [4.78, 5) is 16.8. The van der Waals surface area contributed by atoms with Gasteiger partial charge in [0.15, 0.2) is 11.5 Å². The average Bonchev–Trinajstić information content (AvgIpc) is 3.60. The third-order valence-corrected chi connectivity index (χ3v) is 7.01. The summed E-state index contributed by atoms with van der Waals surface area (Å²) in [5.41, 5.74) is 1.56. The number of carbonyl (C=O) groups is 1. The summed E-state index contributed by atoms with van der Waals surface area (Å²) < 4.78 is 22.4. The van der Waals surface area contributed by atoms with Crippen molar-refractivity contribution >= 4 is 17.2 Å². The highest BCUT2D eigenvalue weighted by Crippen LogP contribution is 2.33. The van der Waals surface area contributed by atoms with Gasteiger partial charge in [0.25, 0.3) is 5.91 Å². The minimum Gasteiger partial charge on any atom is -0.497 e. The first-order valence-electron chi connectivity index (χ1n) is 11.5. The van der Waals surface area contributed by atoms with Gasteiger partial charge in [-0.2, -0.15) is 0 Å². The Bertz CT molecular complexity index is 1070. The van der Waals surface area contributed by atoms with Crippen LogP contribution in [0.5, 0.6) is 23.0 Å². The van der Waals surface area contributed by atoms with Crippen molar-refractivity contribution in [1.82, 2.24) is 4.90 Å². The number of ether oxygens (including phenoxy) is 4. The largest absolute Gasteiger partial charge is 0.497 e. The molecular formula is C27H31NO5S. The van der Waals surface area contributed by atoms with Gasteiger partial charge in [-0.15, -0.1) is 11.3 Å². The Morgan fingerprint density at radius 1 is 0.941 bits per heavy atom. The van der Waals surface area contributed by atoms with E-state index < -0.39 is 0 Å².